The third-order valence-corrected chi connectivity index (χ3v) is 4.09. The van der Waals surface area contributed by atoms with Gasteiger partial charge in [-0.25, -0.2) is 9.37 Å². The average molecular weight is 340 g/mol. The molecule has 4 nitrogen and oxygen atoms in total. The van der Waals surface area contributed by atoms with E-state index in [1.54, 1.807) is 12.1 Å². The summed E-state index contributed by atoms with van der Waals surface area (Å²) in [6, 6.07) is 10.5. The van der Waals surface area contributed by atoms with Gasteiger partial charge in [0.2, 0.25) is 5.91 Å². The van der Waals surface area contributed by atoms with Crippen LogP contribution in [0.1, 0.15) is 31.7 Å². The molecule has 0 fully saturated rings. The largest absolute Gasteiger partial charge is 0.440 e. The van der Waals surface area contributed by atoms with Crippen LogP contribution in [0.15, 0.2) is 40.8 Å². The zero-order valence-corrected chi connectivity index (χ0v) is 14.4. The van der Waals surface area contributed by atoms with Crippen LogP contribution in [-0.4, -0.2) is 17.4 Å². The maximum atomic E-state index is 13.2. The van der Waals surface area contributed by atoms with Gasteiger partial charge in [-0.2, -0.15) is 0 Å². The summed E-state index contributed by atoms with van der Waals surface area (Å²) in [5.41, 5.74) is 4.58. The van der Waals surface area contributed by atoms with Gasteiger partial charge in [0.1, 0.15) is 11.3 Å². The van der Waals surface area contributed by atoms with Gasteiger partial charge in [0.15, 0.2) is 11.5 Å². The first kappa shape index (κ1) is 17.1. The molecule has 3 aromatic rings. The van der Waals surface area contributed by atoms with Crippen LogP contribution in [0.25, 0.3) is 22.2 Å². The molecule has 0 spiro atoms. The van der Waals surface area contributed by atoms with E-state index in [2.05, 4.69) is 16.4 Å². The van der Waals surface area contributed by atoms with Crippen molar-refractivity contribution >= 4 is 17.0 Å². The maximum absolute atomic E-state index is 13.2. The van der Waals surface area contributed by atoms with Gasteiger partial charge in [-0.1, -0.05) is 19.1 Å². The van der Waals surface area contributed by atoms with E-state index >= 15 is 0 Å². The van der Waals surface area contributed by atoms with Crippen LogP contribution in [0.4, 0.5) is 4.39 Å². The number of amides is 1. The zero-order valence-electron chi connectivity index (χ0n) is 14.4. The lowest BCUT2D eigenvalue weighted by molar-refractivity contribution is -0.118. The molecule has 0 unspecified atom stereocenters. The minimum absolute atomic E-state index is 0.0295. The number of aromatic nitrogens is 1. The van der Waals surface area contributed by atoms with Crippen LogP contribution >= 0.6 is 0 Å². The fourth-order valence-corrected chi connectivity index (χ4v) is 2.84. The third kappa shape index (κ3) is 4.05. The van der Waals surface area contributed by atoms with Crippen molar-refractivity contribution in [2.24, 2.45) is 0 Å². The molecule has 25 heavy (non-hydrogen) atoms. The summed E-state index contributed by atoms with van der Waals surface area (Å²) in [4.78, 5) is 15.5. The monoisotopic (exact) mass is 340 g/mol. The number of aryl methyl sites for hydroxylation is 2. The highest BCUT2D eigenvalue weighted by Crippen LogP contribution is 2.29. The molecule has 0 atom stereocenters. The number of benzene rings is 2. The van der Waals surface area contributed by atoms with Crippen molar-refractivity contribution in [1.82, 2.24) is 10.3 Å². The van der Waals surface area contributed by atoms with E-state index in [1.165, 1.54) is 19.1 Å². The molecule has 2 aromatic carbocycles. The summed E-state index contributed by atoms with van der Waals surface area (Å²) in [7, 11) is 0. The van der Waals surface area contributed by atoms with Crippen molar-refractivity contribution in [2.45, 2.75) is 33.1 Å². The number of rotatable bonds is 6. The number of hydrogen-bond donors (Lipinski definition) is 1. The summed E-state index contributed by atoms with van der Waals surface area (Å²) < 4.78 is 19.1. The number of nitrogens with one attached hydrogen (secondary N) is 1. The van der Waals surface area contributed by atoms with Crippen LogP contribution < -0.4 is 5.32 Å². The fourth-order valence-electron chi connectivity index (χ4n) is 2.84. The highest BCUT2D eigenvalue weighted by molar-refractivity contribution is 5.83. The number of oxazole rings is 1. The molecule has 0 aliphatic heterocycles. The van der Waals surface area contributed by atoms with E-state index in [1.807, 2.05) is 13.0 Å². The molecule has 1 amide bonds. The zero-order chi connectivity index (χ0) is 17.8. The van der Waals surface area contributed by atoms with Gasteiger partial charge < -0.3 is 9.73 Å². The summed E-state index contributed by atoms with van der Waals surface area (Å²) in [5.74, 6) is 0.419. The standard InChI is InChI=1S/C20H21FN2O2/c1-3-19-23-18-12-16(14-6-8-17(21)9-7-14)11-15(20(18)25-19)5-4-10-22-13(2)24/h6-9,11-12H,3-5,10H2,1-2H3,(H,22,24). The van der Waals surface area contributed by atoms with E-state index in [-0.39, 0.29) is 11.7 Å². The number of fused-ring (bicyclic) bond motifs is 1. The fraction of sp³-hybridized carbons (Fsp3) is 0.300. The lowest BCUT2D eigenvalue weighted by Gasteiger charge is -2.07. The first-order chi connectivity index (χ1) is 12.1. The number of carbonyl (C=O) groups excluding carboxylic acids is 1. The molecular formula is C20H21FN2O2. The van der Waals surface area contributed by atoms with Gasteiger partial charge in [0, 0.05) is 19.9 Å². The molecule has 5 heteroatoms. The molecule has 3 rings (SSSR count). The lowest BCUT2D eigenvalue weighted by atomic mass is 9.99. The molecule has 1 N–H and O–H groups in total. The molecular weight excluding hydrogens is 319 g/mol. The summed E-state index contributed by atoms with van der Waals surface area (Å²) >= 11 is 0. The van der Waals surface area contributed by atoms with Crippen molar-refractivity contribution in [3.63, 3.8) is 0 Å². The van der Waals surface area contributed by atoms with Gasteiger partial charge in [-0.3, -0.25) is 4.79 Å². The van der Waals surface area contributed by atoms with E-state index in [0.717, 1.165) is 47.1 Å². The quantitative estimate of drug-likeness (QED) is 0.682. The highest BCUT2D eigenvalue weighted by atomic mass is 19.1. The summed E-state index contributed by atoms with van der Waals surface area (Å²) in [5, 5.41) is 2.81. The number of halogens is 1. The number of nitrogens with zero attached hydrogens (tertiary/aromatic N) is 1. The Morgan fingerprint density at radius 2 is 1.96 bits per heavy atom. The van der Waals surface area contributed by atoms with E-state index in [9.17, 15) is 9.18 Å². The van der Waals surface area contributed by atoms with Crippen molar-refractivity contribution in [3.8, 4) is 11.1 Å². The topological polar surface area (TPSA) is 55.1 Å². The maximum Gasteiger partial charge on any atom is 0.216 e. The normalized spacial score (nSPS) is 11.0. The van der Waals surface area contributed by atoms with Gasteiger partial charge in [0.05, 0.1) is 0 Å². The van der Waals surface area contributed by atoms with Crippen molar-refractivity contribution in [1.29, 1.82) is 0 Å². The first-order valence-corrected chi connectivity index (χ1v) is 8.49. The molecule has 1 heterocycles. The third-order valence-electron chi connectivity index (χ3n) is 4.09. The van der Waals surface area contributed by atoms with Crippen LogP contribution in [0, 0.1) is 5.82 Å². The number of hydrogen-bond acceptors (Lipinski definition) is 3. The van der Waals surface area contributed by atoms with E-state index in [0.29, 0.717) is 12.4 Å². The van der Waals surface area contributed by atoms with Crippen molar-refractivity contribution < 1.29 is 13.6 Å². The minimum Gasteiger partial charge on any atom is -0.440 e. The van der Waals surface area contributed by atoms with Crippen LogP contribution in [-0.2, 0) is 17.6 Å². The van der Waals surface area contributed by atoms with E-state index < -0.39 is 0 Å². The Kier molecular flexibility index (Phi) is 5.12. The van der Waals surface area contributed by atoms with E-state index in [4.69, 9.17) is 4.42 Å². The summed E-state index contributed by atoms with van der Waals surface area (Å²) in [6.07, 6.45) is 2.31. The molecule has 0 aliphatic carbocycles. The Bertz CT molecular complexity index is 885. The molecule has 0 bridgehead atoms. The Labute approximate surface area is 146 Å². The Balaban J connectivity index is 1.95. The van der Waals surface area contributed by atoms with Crippen LogP contribution in [0.3, 0.4) is 0 Å². The Hall–Kier alpha value is -2.69. The molecule has 0 saturated carbocycles. The average Bonchev–Trinajstić information content (AvgIpc) is 3.02. The Morgan fingerprint density at radius 3 is 2.64 bits per heavy atom. The molecule has 1 aromatic heterocycles. The van der Waals surface area contributed by atoms with Crippen LogP contribution in [0.2, 0.25) is 0 Å². The molecule has 0 radical (unpaired) electrons. The van der Waals surface area contributed by atoms with Crippen molar-refractivity contribution in [3.05, 3.63) is 53.7 Å². The van der Waals surface area contributed by atoms with Gasteiger partial charge in [-0.15, -0.1) is 0 Å². The van der Waals surface area contributed by atoms with Crippen molar-refractivity contribution in [2.75, 3.05) is 6.54 Å². The lowest BCUT2D eigenvalue weighted by Crippen LogP contribution is -2.21. The second kappa shape index (κ2) is 7.47. The number of carbonyl (C=O) groups is 1. The van der Waals surface area contributed by atoms with Gasteiger partial charge >= 0.3 is 0 Å². The Morgan fingerprint density at radius 1 is 1.20 bits per heavy atom. The predicted molar refractivity (Wildman–Crippen MR) is 95.8 cm³/mol. The summed E-state index contributed by atoms with van der Waals surface area (Å²) in [6.45, 7) is 4.13. The smallest absolute Gasteiger partial charge is 0.216 e. The van der Waals surface area contributed by atoms with Crippen LogP contribution in [0.5, 0.6) is 0 Å². The molecule has 0 aliphatic rings. The first-order valence-electron chi connectivity index (χ1n) is 8.49. The second-order valence-electron chi connectivity index (χ2n) is 6.04. The molecule has 130 valence electrons. The SMILES string of the molecule is CCc1nc2cc(-c3ccc(F)cc3)cc(CCCNC(C)=O)c2o1. The minimum atomic E-state index is -0.255. The highest BCUT2D eigenvalue weighted by Gasteiger charge is 2.12. The van der Waals surface area contributed by atoms with Gasteiger partial charge in [0.25, 0.3) is 0 Å². The van der Waals surface area contributed by atoms with Gasteiger partial charge in [-0.05, 0) is 53.8 Å². The second-order valence-corrected chi connectivity index (χ2v) is 6.04. The predicted octanol–water partition coefficient (Wildman–Crippen LogP) is 4.27. The molecule has 0 saturated heterocycles.